The number of likely N-dealkylation sites (N-methyl/N-ethyl adjacent to an activating group) is 1. The van der Waals surface area contributed by atoms with Crippen molar-refractivity contribution in [3.05, 3.63) is 0 Å². The molecule has 0 aromatic carbocycles. The van der Waals surface area contributed by atoms with E-state index in [9.17, 15) is 33.9 Å². The van der Waals surface area contributed by atoms with Crippen molar-refractivity contribution in [3.63, 3.8) is 0 Å². The number of nitrogens with zero attached hydrogens (tertiary/aromatic N) is 1. The lowest BCUT2D eigenvalue weighted by Crippen LogP contribution is -2.61. The standard InChI is InChI=1S/C31H56N6O8/c1-8-10-11-12-13-24-20(6)31(44)37(7)23(14-18(3)4)29(42)36-26(19(5)9-2)30(43)34-21(15-32)28(41)35-22(17-38)27(40)33-16-25(39)45-24/h18-24,26,38H,8-17,32H2,1-7H3,(H,33,40)(H,34,43)(H,35,41)(H,36,42)/t19?,20-,21+,22+,23+,24-,26+/m1/s1. The lowest BCUT2D eigenvalue weighted by atomic mass is 9.94. The molecule has 0 spiro atoms. The highest BCUT2D eigenvalue weighted by atomic mass is 16.5. The van der Waals surface area contributed by atoms with Crippen LogP contribution in [0.2, 0.25) is 0 Å². The molecule has 14 nitrogen and oxygen atoms in total. The molecule has 0 saturated carbocycles. The molecule has 5 amide bonds. The van der Waals surface area contributed by atoms with E-state index >= 15 is 0 Å². The Morgan fingerprint density at radius 3 is 2.11 bits per heavy atom. The molecule has 45 heavy (non-hydrogen) atoms. The maximum absolute atomic E-state index is 13.8. The van der Waals surface area contributed by atoms with Crippen molar-refractivity contribution in [1.29, 1.82) is 0 Å². The summed E-state index contributed by atoms with van der Waals surface area (Å²) in [5.74, 6) is -5.25. The summed E-state index contributed by atoms with van der Waals surface area (Å²) in [5.41, 5.74) is 5.77. The van der Waals surface area contributed by atoms with Gasteiger partial charge in [-0.05, 0) is 31.1 Å². The molecule has 1 aliphatic rings. The van der Waals surface area contributed by atoms with Crippen molar-refractivity contribution in [1.82, 2.24) is 26.2 Å². The van der Waals surface area contributed by atoms with Crippen LogP contribution in [0.4, 0.5) is 0 Å². The van der Waals surface area contributed by atoms with Crippen molar-refractivity contribution in [2.45, 2.75) is 117 Å². The highest BCUT2D eigenvalue weighted by molar-refractivity contribution is 5.96. The number of aliphatic hydroxyl groups is 1. The largest absolute Gasteiger partial charge is 0.460 e. The summed E-state index contributed by atoms with van der Waals surface area (Å²) in [7, 11) is 1.52. The summed E-state index contributed by atoms with van der Waals surface area (Å²) >= 11 is 0. The Hall–Kier alpha value is -3.26. The monoisotopic (exact) mass is 640 g/mol. The Labute approximate surface area is 267 Å². The molecule has 1 unspecified atom stereocenters. The molecule has 0 aromatic heterocycles. The first-order valence-electron chi connectivity index (χ1n) is 16.2. The van der Waals surface area contributed by atoms with Crippen LogP contribution in [0.5, 0.6) is 0 Å². The van der Waals surface area contributed by atoms with Crippen molar-refractivity contribution in [2.75, 3.05) is 26.7 Å². The van der Waals surface area contributed by atoms with Crippen LogP contribution in [0.3, 0.4) is 0 Å². The van der Waals surface area contributed by atoms with Gasteiger partial charge in [0, 0.05) is 13.6 Å². The minimum absolute atomic E-state index is 0.0138. The van der Waals surface area contributed by atoms with E-state index in [1.54, 1.807) is 13.8 Å². The van der Waals surface area contributed by atoms with Gasteiger partial charge >= 0.3 is 5.97 Å². The molecule has 1 saturated heterocycles. The number of hydrogen-bond acceptors (Lipinski definition) is 9. The average molecular weight is 641 g/mol. The summed E-state index contributed by atoms with van der Waals surface area (Å²) in [6, 6.07) is -4.73. The lowest BCUT2D eigenvalue weighted by Gasteiger charge is -2.34. The van der Waals surface area contributed by atoms with Gasteiger partial charge in [0.05, 0.1) is 12.5 Å². The van der Waals surface area contributed by atoms with E-state index in [0.717, 1.165) is 19.3 Å². The van der Waals surface area contributed by atoms with Gasteiger partial charge in [-0.15, -0.1) is 0 Å². The van der Waals surface area contributed by atoms with Crippen molar-refractivity contribution >= 4 is 35.5 Å². The molecule has 7 atom stereocenters. The van der Waals surface area contributed by atoms with Gasteiger partial charge in [-0.1, -0.05) is 67.2 Å². The van der Waals surface area contributed by atoms with Crippen LogP contribution in [0.1, 0.15) is 86.5 Å². The summed E-state index contributed by atoms with van der Waals surface area (Å²) in [5, 5.41) is 19.8. The fourth-order valence-electron chi connectivity index (χ4n) is 5.11. The first-order valence-corrected chi connectivity index (χ1v) is 16.2. The fourth-order valence-corrected chi connectivity index (χ4v) is 5.11. The molecule has 0 aromatic rings. The van der Waals surface area contributed by atoms with E-state index in [4.69, 9.17) is 10.5 Å². The molecule has 1 heterocycles. The smallest absolute Gasteiger partial charge is 0.325 e. The van der Waals surface area contributed by atoms with Crippen LogP contribution in [0.25, 0.3) is 0 Å². The molecular weight excluding hydrogens is 584 g/mol. The quantitative estimate of drug-likeness (QED) is 0.132. The minimum atomic E-state index is -1.45. The van der Waals surface area contributed by atoms with Gasteiger partial charge in [-0.2, -0.15) is 0 Å². The third-order valence-electron chi connectivity index (χ3n) is 8.27. The van der Waals surface area contributed by atoms with Gasteiger partial charge in [0.25, 0.3) is 0 Å². The zero-order chi connectivity index (χ0) is 34.3. The minimum Gasteiger partial charge on any atom is -0.460 e. The molecule has 14 heteroatoms. The number of nitrogens with two attached hydrogens (primary N) is 1. The number of aliphatic hydroxyl groups excluding tert-OH is 1. The normalized spacial score (nSPS) is 27.4. The molecule has 1 rings (SSSR count). The SMILES string of the molecule is CCCCCC[C@H]1OC(=O)CNC(=O)[C@H](CO)NC(=O)[C@H](CN)NC(=O)[C@H](C(C)CC)NC(=O)[C@H](CC(C)C)N(C)C(=O)[C@@H]1C. The van der Waals surface area contributed by atoms with Crippen molar-refractivity contribution in [2.24, 2.45) is 23.5 Å². The fraction of sp³-hybridized carbons (Fsp3) is 0.806. The number of nitrogens with one attached hydrogen (secondary N) is 4. The third kappa shape index (κ3) is 12.6. The molecule has 1 aliphatic heterocycles. The molecule has 1 fully saturated rings. The van der Waals surface area contributed by atoms with E-state index in [-0.39, 0.29) is 18.4 Å². The molecule has 0 bridgehead atoms. The predicted octanol–water partition coefficient (Wildman–Crippen LogP) is -0.0409. The van der Waals surface area contributed by atoms with Gasteiger partial charge in [-0.3, -0.25) is 28.8 Å². The van der Waals surface area contributed by atoms with Gasteiger partial charge in [0.1, 0.15) is 36.8 Å². The Morgan fingerprint density at radius 2 is 1.56 bits per heavy atom. The van der Waals surface area contributed by atoms with E-state index < -0.39 is 84.8 Å². The summed E-state index contributed by atoms with van der Waals surface area (Å²) in [4.78, 5) is 81.0. The highest BCUT2D eigenvalue weighted by Crippen LogP contribution is 2.22. The highest BCUT2D eigenvalue weighted by Gasteiger charge is 2.38. The molecular formula is C31H56N6O8. The van der Waals surface area contributed by atoms with E-state index in [2.05, 4.69) is 28.2 Å². The van der Waals surface area contributed by atoms with Gasteiger partial charge in [-0.25, -0.2) is 0 Å². The second-order valence-electron chi connectivity index (χ2n) is 12.4. The Balaban J connectivity index is 3.57. The maximum atomic E-state index is 13.8. The zero-order valence-corrected chi connectivity index (χ0v) is 28.0. The topological polar surface area (TPSA) is 209 Å². The Morgan fingerprint density at radius 1 is 0.911 bits per heavy atom. The molecule has 0 aliphatic carbocycles. The van der Waals surface area contributed by atoms with Crippen LogP contribution in [-0.4, -0.2) is 103 Å². The maximum Gasteiger partial charge on any atom is 0.325 e. The Bertz CT molecular complexity index is 1010. The summed E-state index contributed by atoms with van der Waals surface area (Å²) < 4.78 is 5.70. The van der Waals surface area contributed by atoms with Gasteiger partial charge < -0.3 is 41.7 Å². The van der Waals surface area contributed by atoms with Crippen LogP contribution >= 0.6 is 0 Å². The summed E-state index contributed by atoms with van der Waals surface area (Å²) in [6.07, 6.45) is 3.91. The number of ether oxygens (including phenoxy) is 1. The van der Waals surface area contributed by atoms with Crippen molar-refractivity contribution < 1.29 is 38.6 Å². The number of unbranched alkanes of at least 4 members (excludes halogenated alkanes) is 3. The number of hydrogen-bond donors (Lipinski definition) is 6. The lowest BCUT2D eigenvalue weighted by molar-refractivity contribution is -0.157. The Kier molecular flexibility index (Phi) is 17.7. The first-order chi connectivity index (χ1) is 21.2. The first kappa shape index (κ1) is 39.8. The zero-order valence-electron chi connectivity index (χ0n) is 28.0. The number of amides is 5. The van der Waals surface area contributed by atoms with Crippen LogP contribution in [-0.2, 0) is 33.5 Å². The van der Waals surface area contributed by atoms with Crippen LogP contribution < -0.4 is 27.0 Å². The van der Waals surface area contributed by atoms with Crippen LogP contribution in [0.15, 0.2) is 0 Å². The molecule has 258 valence electrons. The van der Waals surface area contributed by atoms with E-state index in [1.807, 2.05) is 20.8 Å². The predicted molar refractivity (Wildman–Crippen MR) is 168 cm³/mol. The van der Waals surface area contributed by atoms with Gasteiger partial charge in [0.15, 0.2) is 0 Å². The molecule has 0 radical (unpaired) electrons. The van der Waals surface area contributed by atoms with E-state index in [0.29, 0.717) is 25.7 Å². The summed E-state index contributed by atoms with van der Waals surface area (Å²) in [6.45, 7) is 9.46. The number of esters is 1. The van der Waals surface area contributed by atoms with Gasteiger partial charge in [0.2, 0.25) is 29.5 Å². The number of rotatable bonds is 11. The second kappa shape index (κ2) is 20.0. The molecule has 7 N–H and O–H groups in total. The van der Waals surface area contributed by atoms with E-state index in [1.165, 1.54) is 11.9 Å². The third-order valence-corrected chi connectivity index (χ3v) is 8.27. The number of carbonyl (C=O) groups is 6. The number of cyclic esters (lactones) is 1. The average Bonchev–Trinajstić information content (AvgIpc) is 3.01. The van der Waals surface area contributed by atoms with Crippen molar-refractivity contribution in [3.8, 4) is 0 Å². The second-order valence-corrected chi connectivity index (χ2v) is 12.4. The van der Waals surface area contributed by atoms with Crippen LogP contribution in [0, 0.1) is 17.8 Å². The number of carbonyl (C=O) groups excluding carboxylic acids is 6.